The molecule has 0 aliphatic heterocycles. The molecule has 2 aliphatic carbocycles. The van der Waals surface area contributed by atoms with Crippen molar-refractivity contribution in [1.82, 2.24) is 0 Å². The van der Waals surface area contributed by atoms with Gasteiger partial charge in [0.15, 0.2) is 0 Å². The fraction of sp³-hybridized carbons (Fsp3) is 0.938. The molecule has 18 heavy (non-hydrogen) atoms. The summed E-state index contributed by atoms with van der Waals surface area (Å²) in [5.41, 5.74) is 0. The van der Waals surface area contributed by atoms with Gasteiger partial charge in [-0.25, -0.2) is 0 Å². The Morgan fingerprint density at radius 1 is 1.00 bits per heavy atom. The fourth-order valence-corrected chi connectivity index (χ4v) is 3.81. The van der Waals surface area contributed by atoms with Crippen molar-refractivity contribution in [3.05, 3.63) is 0 Å². The summed E-state index contributed by atoms with van der Waals surface area (Å²) in [5.74, 6) is 1.53. The summed E-state index contributed by atoms with van der Waals surface area (Å²) >= 11 is 0. The van der Waals surface area contributed by atoms with Crippen molar-refractivity contribution in [1.29, 1.82) is 0 Å². The zero-order valence-corrected chi connectivity index (χ0v) is 11.8. The standard InChI is InChI=1S/C16H28O2/c1-2-8-16(17)18-15-12-7-6-11-14(15)13-9-4-3-5-10-13/h13-15H,2-12H2,1H3. The van der Waals surface area contributed by atoms with Crippen LogP contribution < -0.4 is 0 Å². The molecule has 0 aromatic carbocycles. The highest BCUT2D eigenvalue weighted by Gasteiger charge is 2.34. The summed E-state index contributed by atoms with van der Waals surface area (Å²) in [6.45, 7) is 2.04. The van der Waals surface area contributed by atoms with Gasteiger partial charge >= 0.3 is 5.97 Å². The number of hydrogen-bond donors (Lipinski definition) is 0. The Hall–Kier alpha value is -0.530. The zero-order valence-electron chi connectivity index (χ0n) is 11.8. The van der Waals surface area contributed by atoms with E-state index in [1.54, 1.807) is 0 Å². The van der Waals surface area contributed by atoms with Gasteiger partial charge in [0.1, 0.15) is 6.10 Å². The second-order valence-corrected chi connectivity index (χ2v) is 6.12. The van der Waals surface area contributed by atoms with E-state index in [9.17, 15) is 4.79 Å². The van der Waals surface area contributed by atoms with Gasteiger partial charge in [0.05, 0.1) is 0 Å². The van der Waals surface area contributed by atoms with Gasteiger partial charge in [-0.1, -0.05) is 45.4 Å². The normalized spacial score (nSPS) is 30.1. The summed E-state index contributed by atoms with van der Waals surface area (Å²) in [6, 6.07) is 0. The smallest absolute Gasteiger partial charge is 0.306 e. The molecule has 0 amide bonds. The summed E-state index contributed by atoms with van der Waals surface area (Å²) in [4.78, 5) is 11.7. The average Bonchev–Trinajstić information content (AvgIpc) is 2.40. The lowest BCUT2D eigenvalue weighted by Gasteiger charge is -2.38. The van der Waals surface area contributed by atoms with Crippen molar-refractivity contribution in [2.24, 2.45) is 11.8 Å². The van der Waals surface area contributed by atoms with E-state index in [0.717, 1.165) is 18.8 Å². The molecule has 2 heteroatoms. The van der Waals surface area contributed by atoms with Crippen LogP contribution in [0.5, 0.6) is 0 Å². The largest absolute Gasteiger partial charge is 0.462 e. The Balaban J connectivity index is 1.90. The van der Waals surface area contributed by atoms with Crippen molar-refractivity contribution in [3.8, 4) is 0 Å². The molecule has 2 nitrogen and oxygen atoms in total. The Morgan fingerprint density at radius 2 is 1.67 bits per heavy atom. The maximum Gasteiger partial charge on any atom is 0.306 e. The van der Waals surface area contributed by atoms with Crippen molar-refractivity contribution in [2.75, 3.05) is 0 Å². The van der Waals surface area contributed by atoms with Crippen LogP contribution in [0.1, 0.15) is 77.6 Å². The molecular formula is C16H28O2. The fourth-order valence-electron chi connectivity index (χ4n) is 3.81. The number of ether oxygens (including phenoxy) is 1. The van der Waals surface area contributed by atoms with E-state index in [1.165, 1.54) is 51.4 Å². The molecule has 2 aliphatic rings. The Bertz CT molecular complexity index is 256. The third-order valence-corrected chi connectivity index (χ3v) is 4.75. The second-order valence-electron chi connectivity index (χ2n) is 6.12. The predicted molar refractivity (Wildman–Crippen MR) is 73.3 cm³/mol. The molecule has 0 spiro atoms. The molecule has 0 aromatic heterocycles. The maximum absolute atomic E-state index is 11.7. The van der Waals surface area contributed by atoms with E-state index >= 15 is 0 Å². The van der Waals surface area contributed by atoms with E-state index in [-0.39, 0.29) is 12.1 Å². The van der Waals surface area contributed by atoms with Gasteiger partial charge in [-0.2, -0.15) is 0 Å². The highest BCUT2D eigenvalue weighted by atomic mass is 16.5. The molecule has 2 unspecified atom stereocenters. The van der Waals surface area contributed by atoms with Crippen LogP contribution in [-0.4, -0.2) is 12.1 Å². The molecule has 0 radical (unpaired) electrons. The first-order valence-electron chi connectivity index (χ1n) is 8.00. The molecule has 104 valence electrons. The van der Waals surface area contributed by atoms with Gasteiger partial charge in [-0.15, -0.1) is 0 Å². The Kier molecular flexibility index (Phi) is 5.52. The lowest BCUT2D eigenvalue weighted by molar-refractivity contribution is -0.155. The molecule has 0 bridgehead atoms. The molecule has 2 fully saturated rings. The second kappa shape index (κ2) is 7.16. The first kappa shape index (κ1) is 13.9. The van der Waals surface area contributed by atoms with Crippen molar-refractivity contribution >= 4 is 5.97 Å². The SMILES string of the molecule is CCCC(=O)OC1CCCCC1C1CCCCC1. The minimum atomic E-state index is 0.0326. The van der Waals surface area contributed by atoms with Gasteiger partial charge in [0, 0.05) is 6.42 Å². The van der Waals surface area contributed by atoms with Crippen LogP contribution >= 0.6 is 0 Å². The quantitative estimate of drug-likeness (QED) is 0.690. The highest BCUT2D eigenvalue weighted by molar-refractivity contribution is 5.69. The van der Waals surface area contributed by atoms with E-state index < -0.39 is 0 Å². The topological polar surface area (TPSA) is 26.3 Å². The molecule has 0 aromatic rings. The molecular weight excluding hydrogens is 224 g/mol. The molecule has 2 atom stereocenters. The maximum atomic E-state index is 11.7. The van der Waals surface area contributed by atoms with Gasteiger partial charge in [0.2, 0.25) is 0 Å². The minimum Gasteiger partial charge on any atom is -0.462 e. The van der Waals surface area contributed by atoms with Gasteiger partial charge in [-0.3, -0.25) is 4.79 Å². The summed E-state index contributed by atoms with van der Waals surface area (Å²) < 4.78 is 5.76. The van der Waals surface area contributed by atoms with Crippen LogP contribution in [0.25, 0.3) is 0 Å². The Labute approximate surface area is 111 Å². The number of rotatable bonds is 4. The van der Waals surface area contributed by atoms with Crippen molar-refractivity contribution in [3.63, 3.8) is 0 Å². The predicted octanol–water partition coefficient (Wildman–Crippen LogP) is 4.47. The highest BCUT2D eigenvalue weighted by Crippen LogP contribution is 2.39. The lowest BCUT2D eigenvalue weighted by Crippen LogP contribution is -2.35. The van der Waals surface area contributed by atoms with Crippen LogP contribution in [0.3, 0.4) is 0 Å². The molecule has 0 saturated heterocycles. The average molecular weight is 252 g/mol. The summed E-state index contributed by atoms with van der Waals surface area (Å²) in [6.07, 6.45) is 13.6. The van der Waals surface area contributed by atoms with Crippen molar-refractivity contribution < 1.29 is 9.53 Å². The number of carbonyl (C=O) groups is 1. The van der Waals surface area contributed by atoms with E-state index in [1.807, 2.05) is 6.92 Å². The van der Waals surface area contributed by atoms with Crippen LogP contribution in [-0.2, 0) is 9.53 Å². The molecule has 0 heterocycles. The molecule has 2 rings (SSSR count). The summed E-state index contributed by atoms with van der Waals surface area (Å²) in [5, 5.41) is 0. The van der Waals surface area contributed by atoms with Crippen LogP contribution in [0, 0.1) is 11.8 Å². The van der Waals surface area contributed by atoms with E-state index in [2.05, 4.69) is 0 Å². The van der Waals surface area contributed by atoms with Crippen molar-refractivity contribution in [2.45, 2.75) is 83.7 Å². The number of esters is 1. The summed E-state index contributed by atoms with van der Waals surface area (Å²) in [7, 11) is 0. The monoisotopic (exact) mass is 252 g/mol. The van der Waals surface area contributed by atoms with E-state index in [0.29, 0.717) is 12.3 Å². The van der Waals surface area contributed by atoms with E-state index in [4.69, 9.17) is 4.74 Å². The first-order valence-corrected chi connectivity index (χ1v) is 8.00. The minimum absolute atomic E-state index is 0.0326. The molecule has 0 N–H and O–H groups in total. The third-order valence-electron chi connectivity index (χ3n) is 4.75. The lowest BCUT2D eigenvalue weighted by atomic mass is 9.72. The first-order chi connectivity index (χ1) is 8.81. The zero-order chi connectivity index (χ0) is 12.8. The van der Waals surface area contributed by atoms with Gasteiger partial charge in [-0.05, 0) is 37.5 Å². The number of hydrogen-bond acceptors (Lipinski definition) is 2. The van der Waals surface area contributed by atoms with Crippen LogP contribution in [0.4, 0.5) is 0 Å². The third kappa shape index (κ3) is 3.73. The van der Waals surface area contributed by atoms with Crippen LogP contribution in [0.15, 0.2) is 0 Å². The van der Waals surface area contributed by atoms with Gasteiger partial charge < -0.3 is 4.74 Å². The van der Waals surface area contributed by atoms with Gasteiger partial charge in [0.25, 0.3) is 0 Å². The van der Waals surface area contributed by atoms with Crippen LogP contribution in [0.2, 0.25) is 0 Å². The number of carbonyl (C=O) groups excluding carboxylic acids is 1. The Morgan fingerprint density at radius 3 is 2.39 bits per heavy atom. The molecule has 2 saturated carbocycles.